The van der Waals surface area contributed by atoms with Crippen LogP contribution in [0.15, 0.2) is 36.4 Å². The first-order valence-corrected chi connectivity index (χ1v) is 8.72. The van der Waals surface area contributed by atoms with Crippen molar-refractivity contribution in [3.8, 4) is 5.75 Å². The van der Waals surface area contributed by atoms with Crippen molar-refractivity contribution in [3.05, 3.63) is 36.4 Å². The zero-order valence-corrected chi connectivity index (χ0v) is 15.0. The number of carbonyl (C=O) groups excluding carboxylic acids is 1. The molecule has 0 spiro atoms. The van der Waals surface area contributed by atoms with Gasteiger partial charge < -0.3 is 14.2 Å². The number of anilines is 1. The van der Waals surface area contributed by atoms with Crippen LogP contribution in [-0.2, 0) is 9.47 Å². The van der Waals surface area contributed by atoms with Crippen LogP contribution in [0.4, 0.5) is 10.5 Å². The average molecular weight is 343 g/mol. The van der Waals surface area contributed by atoms with E-state index in [2.05, 4.69) is 5.32 Å². The Bertz CT molecular complexity index is 745. The van der Waals surface area contributed by atoms with Crippen LogP contribution in [0.25, 0.3) is 10.8 Å². The van der Waals surface area contributed by atoms with Crippen molar-refractivity contribution in [2.45, 2.75) is 51.9 Å². The number of ether oxygens (including phenoxy) is 3. The summed E-state index contributed by atoms with van der Waals surface area (Å²) in [7, 11) is 0. The minimum atomic E-state index is -0.540. The lowest BCUT2D eigenvalue weighted by atomic mass is 10.1. The molecule has 5 nitrogen and oxygen atoms in total. The second kappa shape index (κ2) is 7.31. The van der Waals surface area contributed by atoms with E-state index in [0.717, 1.165) is 42.4 Å². The van der Waals surface area contributed by atoms with Gasteiger partial charge in [0.25, 0.3) is 0 Å². The van der Waals surface area contributed by atoms with Crippen molar-refractivity contribution < 1.29 is 19.0 Å². The summed E-state index contributed by atoms with van der Waals surface area (Å²) in [6.45, 7) is 6.25. The standard InChI is InChI=1S/C20H25NO4/c1-20(2,3)25-19(22)21-16-11-12-17(15-9-5-4-8-14(15)16)24-18-10-6-7-13-23-18/h4-5,8-9,11-12,18H,6-7,10,13H2,1-3H3,(H,21,22). The summed E-state index contributed by atoms with van der Waals surface area (Å²) < 4.78 is 17.1. The monoisotopic (exact) mass is 343 g/mol. The lowest BCUT2D eigenvalue weighted by Gasteiger charge is -2.24. The predicted octanol–water partition coefficient (Wildman–Crippen LogP) is 5.09. The number of fused-ring (bicyclic) bond motifs is 1. The number of hydrogen-bond acceptors (Lipinski definition) is 4. The van der Waals surface area contributed by atoms with E-state index in [4.69, 9.17) is 14.2 Å². The summed E-state index contributed by atoms with van der Waals surface area (Å²) in [4.78, 5) is 12.1. The molecule has 0 aliphatic carbocycles. The molecule has 0 saturated carbocycles. The highest BCUT2D eigenvalue weighted by molar-refractivity contribution is 6.02. The van der Waals surface area contributed by atoms with E-state index in [1.807, 2.05) is 57.2 Å². The van der Waals surface area contributed by atoms with E-state index < -0.39 is 11.7 Å². The topological polar surface area (TPSA) is 56.8 Å². The van der Waals surface area contributed by atoms with Crippen LogP contribution in [0, 0.1) is 0 Å². The summed E-state index contributed by atoms with van der Waals surface area (Å²) in [5, 5.41) is 4.66. The lowest BCUT2D eigenvalue weighted by molar-refractivity contribution is -0.105. The Kier molecular flexibility index (Phi) is 5.13. The van der Waals surface area contributed by atoms with Crippen molar-refractivity contribution in [1.82, 2.24) is 0 Å². The fourth-order valence-electron chi connectivity index (χ4n) is 2.84. The Hall–Kier alpha value is -2.27. The molecule has 1 aliphatic heterocycles. The number of carbonyl (C=O) groups is 1. The smallest absolute Gasteiger partial charge is 0.412 e. The third kappa shape index (κ3) is 4.63. The molecule has 1 N–H and O–H groups in total. The zero-order chi connectivity index (χ0) is 17.9. The molecule has 1 atom stereocenters. The van der Waals surface area contributed by atoms with Gasteiger partial charge in [0.1, 0.15) is 11.4 Å². The van der Waals surface area contributed by atoms with Crippen LogP contribution in [0.5, 0.6) is 5.75 Å². The van der Waals surface area contributed by atoms with E-state index in [1.165, 1.54) is 0 Å². The van der Waals surface area contributed by atoms with Gasteiger partial charge in [0.15, 0.2) is 6.29 Å². The highest BCUT2D eigenvalue weighted by Gasteiger charge is 2.19. The SMILES string of the molecule is CC(C)(C)OC(=O)Nc1ccc(OC2CCCCO2)c2ccccc12. The number of benzene rings is 2. The van der Waals surface area contributed by atoms with E-state index in [0.29, 0.717) is 5.69 Å². The Morgan fingerprint density at radius 1 is 1.12 bits per heavy atom. The zero-order valence-electron chi connectivity index (χ0n) is 15.0. The van der Waals surface area contributed by atoms with E-state index in [-0.39, 0.29) is 6.29 Å². The molecule has 25 heavy (non-hydrogen) atoms. The summed E-state index contributed by atoms with van der Waals surface area (Å²) >= 11 is 0. The minimum absolute atomic E-state index is 0.207. The van der Waals surface area contributed by atoms with Gasteiger partial charge in [-0.1, -0.05) is 24.3 Å². The third-order valence-corrected chi connectivity index (χ3v) is 3.92. The van der Waals surface area contributed by atoms with Crippen molar-refractivity contribution >= 4 is 22.6 Å². The highest BCUT2D eigenvalue weighted by atomic mass is 16.7. The summed E-state index contributed by atoms with van der Waals surface area (Å²) in [6, 6.07) is 11.5. The largest absolute Gasteiger partial charge is 0.464 e. The summed E-state index contributed by atoms with van der Waals surface area (Å²) in [5.41, 5.74) is 0.156. The molecule has 1 amide bonds. The molecule has 134 valence electrons. The quantitative estimate of drug-likeness (QED) is 0.843. The van der Waals surface area contributed by atoms with Gasteiger partial charge in [-0.25, -0.2) is 4.79 Å². The van der Waals surface area contributed by atoms with Crippen LogP contribution < -0.4 is 10.1 Å². The summed E-state index contributed by atoms with van der Waals surface area (Å²) in [5.74, 6) is 0.761. The Labute approximate surface area is 148 Å². The fraction of sp³-hybridized carbons (Fsp3) is 0.450. The lowest BCUT2D eigenvalue weighted by Crippen LogP contribution is -2.27. The van der Waals surface area contributed by atoms with Crippen LogP contribution in [0.1, 0.15) is 40.0 Å². The van der Waals surface area contributed by atoms with Gasteiger partial charge >= 0.3 is 6.09 Å². The molecule has 2 aromatic rings. The average Bonchev–Trinajstić information content (AvgIpc) is 2.56. The normalized spacial score (nSPS) is 18.0. The molecule has 1 aliphatic rings. The highest BCUT2D eigenvalue weighted by Crippen LogP contribution is 2.33. The van der Waals surface area contributed by atoms with Crippen LogP contribution in [-0.4, -0.2) is 24.6 Å². The molecule has 1 unspecified atom stereocenters. The van der Waals surface area contributed by atoms with Crippen LogP contribution >= 0.6 is 0 Å². The maximum Gasteiger partial charge on any atom is 0.412 e. The first kappa shape index (κ1) is 17.5. The van der Waals surface area contributed by atoms with E-state index >= 15 is 0 Å². The molecular formula is C20H25NO4. The van der Waals surface area contributed by atoms with Gasteiger partial charge in [-0.05, 0) is 45.7 Å². The number of rotatable bonds is 3. The van der Waals surface area contributed by atoms with Crippen molar-refractivity contribution in [2.75, 3.05) is 11.9 Å². The molecule has 1 saturated heterocycles. The molecule has 3 rings (SSSR count). The van der Waals surface area contributed by atoms with Crippen molar-refractivity contribution in [3.63, 3.8) is 0 Å². The molecule has 2 aromatic carbocycles. The number of hydrogen-bond donors (Lipinski definition) is 1. The van der Waals surface area contributed by atoms with Crippen LogP contribution in [0.2, 0.25) is 0 Å². The molecule has 1 heterocycles. The maximum absolute atomic E-state index is 12.1. The Morgan fingerprint density at radius 3 is 2.56 bits per heavy atom. The molecule has 5 heteroatoms. The Balaban J connectivity index is 1.84. The third-order valence-electron chi connectivity index (χ3n) is 3.92. The van der Waals surface area contributed by atoms with Crippen LogP contribution in [0.3, 0.4) is 0 Å². The van der Waals surface area contributed by atoms with Gasteiger partial charge in [0.05, 0.1) is 12.3 Å². The van der Waals surface area contributed by atoms with E-state index in [1.54, 1.807) is 0 Å². The van der Waals surface area contributed by atoms with Gasteiger partial charge in [-0.15, -0.1) is 0 Å². The molecular weight excluding hydrogens is 318 g/mol. The molecule has 0 radical (unpaired) electrons. The van der Waals surface area contributed by atoms with Crippen molar-refractivity contribution in [1.29, 1.82) is 0 Å². The van der Waals surface area contributed by atoms with Gasteiger partial charge in [-0.3, -0.25) is 5.32 Å². The van der Waals surface area contributed by atoms with Gasteiger partial charge in [0.2, 0.25) is 0 Å². The number of nitrogens with one attached hydrogen (secondary N) is 1. The van der Waals surface area contributed by atoms with Gasteiger partial charge in [-0.2, -0.15) is 0 Å². The first-order chi connectivity index (χ1) is 11.9. The molecule has 0 aromatic heterocycles. The second-order valence-corrected chi connectivity index (χ2v) is 7.20. The Morgan fingerprint density at radius 2 is 1.88 bits per heavy atom. The first-order valence-electron chi connectivity index (χ1n) is 8.72. The second-order valence-electron chi connectivity index (χ2n) is 7.20. The minimum Gasteiger partial charge on any atom is -0.464 e. The fourth-order valence-corrected chi connectivity index (χ4v) is 2.84. The maximum atomic E-state index is 12.1. The van der Waals surface area contributed by atoms with E-state index in [9.17, 15) is 4.79 Å². The summed E-state index contributed by atoms with van der Waals surface area (Å²) in [6.07, 6.45) is 2.41. The molecule has 1 fully saturated rings. The number of amides is 1. The molecule has 0 bridgehead atoms. The van der Waals surface area contributed by atoms with Crippen molar-refractivity contribution in [2.24, 2.45) is 0 Å². The predicted molar refractivity (Wildman–Crippen MR) is 98.0 cm³/mol. The van der Waals surface area contributed by atoms with Gasteiger partial charge in [0, 0.05) is 17.2 Å².